The molecule has 2 amide bonds. The Morgan fingerprint density at radius 3 is 2.53 bits per heavy atom. The fourth-order valence-corrected chi connectivity index (χ4v) is 3.08. The lowest BCUT2D eigenvalue weighted by Crippen LogP contribution is -2.41. The van der Waals surface area contributed by atoms with Gasteiger partial charge in [0.05, 0.1) is 25.4 Å². The monoisotopic (exact) mass is 426 g/mol. The third-order valence-corrected chi connectivity index (χ3v) is 4.59. The van der Waals surface area contributed by atoms with Gasteiger partial charge in [-0.2, -0.15) is 0 Å². The minimum absolute atomic E-state index is 0.0417. The SMILES string of the molecule is CC(NC(=O)CN(CC(=O)Nc1ccc(Cl)cc1)Cc1cccnc1)c1ccco1. The molecule has 156 valence electrons. The van der Waals surface area contributed by atoms with Crippen LogP contribution in [0, 0.1) is 0 Å². The highest BCUT2D eigenvalue weighted by molar-refractivity contribution is 6.30. The molecule has 2 N–H and O–H groups in total. The number of hydrogen-bond acceptors (Lipinski definition) is 5. The fraction of sp³-hybridized carbons (Fsp3) is 0.227. The van der Waals surface area contributed by atoms with Gasteiger partial charge in [-0.15, -0.1) is 0 Å². The van der Waals surface area contributed by atoms with E-state index in [9.17, 15) is 9.59 Å². The van der Waals surface area contributed by atoms with Crippen molar-refractivity contribution >= 4 is 29.1 Å². The van der Waals surface area contributed by atoms with Gasteiger partial charge in [-0.05, 0) is 55.0 Å². The van der Waals surface area contributed by atoms with Gasteiger partial charge in [0, 0.05) is 29.6 Å². The van der Waals surface area contributed by atoms with Crippen molar-refractivity contribution in [2.75, 3.05) is 18.4 Å². The van der Waals surface area contributed by atoms with E-state index < -0.39 is 0 Å². The first-order valence-electron chi connectivity index (χ1n) is 9.49. The van der Waals surface area contributed by atoms with Crippen LogP contribution in [-0.2, 0) is 16.1 Å². The zero-order valence-corrected chi connectivity index (χ0v) is 17.3. The maximum atomic E-state index is 12.6. The fourth-order valence-electron chi connectivity index (χ4n) is 2.95. The summed E-state index contributed by atoms with van der Waals surface area (Å²) >= 11 is 5.88. The third kappa shape index (κ3) is 6.72. The zero-order valence-electron chi connectivity index (χ0n) is 16.5. The minimum Gasteiger partial charge on any atom is -0.467 e. The van der Waals surface area contributed by atoms with Gasteiger partial charge in [-0.1, -0.05) is 17.7 Å². The summed E-state index contributed by atoms with van der Waals surface area (Å²) in [6.45, 7) is 2.34. The number of pyridine rings is 1. The molecular formula is C22H23ClN4O3. The van der Waals surface area contributed by atoms with Gasteiger partial charge in [0.15, 0.2) is 0 Å². The van der Waals surface area contributed by atoms with Crippen molar-refractivity contribution in [3.8, 4) is 0 Å². The largest absolute Gasteiger partial charge is 0.467 e. The van der Waals surface area contributed by atoms with E-state index in [4.69, 9.17) is 16.0 Å². The molecule has 0 aliphatic rings. The number of anilines is 1. The highest BCUT2D eigenvalue weighted by Crippen LogP contribution is 2.14. The molecule has 1 atom stereocenters. The molecule has 0 aliphatic carbocycles. The number of benzene rings is 1. The van der Waals surface area contributed by atoms with Crippen LogP contribution in [-0.4, -0.2) is 34.8 Å². The predicted octanol–water partition coefficient (Wildman–Crippen LogP) is 3.65. The number of nitrogens with zero attached hydrogens (tertiary/aromatic N) is 2. The molecule has 7 nitrogen and oxygen atoms in total. The molecule has 1 unspecified atom stereocenters. The summed E-state index contributed by atoms with van der Waals surface area (Å²) in [5.74, 6) is 0.234. The molecule has 0 bridgehead atoms. The highest BCUT2D eigenvalue weighted by Gasteiger charge is 2.18. The Hall–Kier alpha value is -3.16. The van der Waals surface area contributed by atoms with Crippen molar-refractivity contribution in [2.24, 2.45) is 0 Å². The van der Waals surface area contributed by atoms with E-state index in [0.29, 0.717) is 23.0 Å². The summed E-state index contributed by atoms with van der Waals surface area (Å²) in [6.07, 6.45) is 4.96. The Morgan fingerprint density at radius 1 is 1.10 bits per heavy atom. The van der Waals surface area contributed by atoms with E-state index in [1.807, 2.05) is 19.1 Å². The van der Waals surface area contributed by atoms with Crippen molar-refractivity contribution < 1.29 is 14.0 Å². The normalized spacial score (nSPS) is 11.8. The Kier molecular flexibility index (Phi) is 7.59. The highest BCUT2D eigenvalue weighted by atomic mass is 35.5. The number of carbonyl (C=O) groups is 2. The molecule has 2 heterocycles. The maximum Gasteiger partial charge on any atom is 0.238 e. The molecule has 0 aliphatic heterocycles. The van der Waals surface area contributed by atoms with E-state index in [1.165, 1.54) is 0 Å². The molecule has 0 spiro atoms. The topological polar surface area (TPSA) is 87.5 Å². The first kappa shape index (κ1) is 21.5. The van der Waals surface area contributed by atoms with E-state index >= 15 is 0 Å². The van der Waals surface area contributed by atoms with Gasteiger partial charge in [0.25, 0.3) is 0 Å². The number of nitrogens with one attached hydrogen (secondary N) is 2. The standard InChI is InChI=1S/C22H23ClN4O3/c1-16(20-5-3-11-30-20)25-21(28)14-27(13-17-4-2-10-24-12-17)15-22(29)26-19-8-6-18(23)7-9-19/h2-12,16H,13-15H2,1H3,(H,25,28)(H,26,29). The van der Waals surface area contributed by atoms with Crippen LogP contribution in [0.2, 0.25) is 5.02 Å². The Bertz CT molecular complexity index is 946. The lowest BCUT2D eigenvalue weighted by atomic mass is 10.2. The molecule has 3 rings (SSSR count). The van der Waals surface area contributed by atoms with Crippen LogP contribution in [0.25, 0.3) is 0 Å². The Morgan fingerprint density at radius 2 is 1.87 bits per heavy atom. The number of carbonyl (C=O) groups excluding carboxylic acids is 2. The van der Waals surface area contributed by atoms with Crippen LogP contribution in [0.15, 0.2) is 71.6 Å². The number of rotatable bonds is 9. The first-order valence-corrected chi connectivity index (χ1v) is 9.87. The number of halogens is 1. The zero-order chi connectivity index (χ0) is 21.3. The van der Waals surface area contributed by atoms with E-state index in [0.717, 1.165) is 5.56 Å². The van der Waals surface area contributed by atoms with Crippen LogP contribution in [0.1, 0.15) is 24.3 Å². The number of amides is 2. The summed E-state index contributed by atoms with van der Waals surface area (Å²) in [6, 6.07) is 13.9. The van der Waals surface area contributed by atoms with Crippen molar-refractivity contribution in [3.63, 3.8) is 0 Å². The van der Waals surface area contributed by atoms with Crippen molar-refractivity contribution in [2.45, 2.75) is 19.5 Å². The molecular weight excluding hydrogens is 404 g/mol. The van der Waals surface area contributed by atoms with E-state index in [2.05, 4.69) is 15.6 Å². The number of hydrogen-bond donors (Lipinski definition) is 2. The first-order chi connectivity index (χ1) is 14.5. The van der Waals surface area contributed by atoms with Crippen LogP contribution >= 0.6 is 11.6 Å². The quantitative estimate of drug-likeness (QED) is 0.545. The van der Waals surface area contributed by atoms with Gasteiger partial charge >= 0.3 is 0 Å². The van der Waals surface area contributed by atoms with Gasteiger partial charge < -0.3 is 15.1 Å². The lowest BCUT2D eigenvalue weighted by molar-refractivity contribution is -0.124. The number of aromatic nitrogens is 1. The maximum absolute atomic E-state index is 12.6. The smallest absolute Gasteiger partial charge is 0.238 e. The van der Waals surface area contributed by atoms with Crippen molar-refractivity contribution in [1.29, 1.82) is 0 Å². The van der Waals surface area contributed by atoms with Crippen LogP contribution in [0.3, 0.4) is 0 Å². The summed E-state index contributed by atoms with van der Waals surface area (Å²) in [5.41, 5.74) is 1.55. The lowest BCUT2D eigenvalue weighted by Gasteiger charge is -2.22. The summed E-state index contributed by atoms with van der Waals surface area (Å²) in [4.78, 5) is 31.0. The summed E-state index contributed by atoms with van der Waals surface area (Å²) in [7, 11) is 0. The van der Waals surface area contributed by atoms with Crippen molar-refractivity contribution in [1.82, 2.24) is 15.2 Å². The van der Waals surface area contributed by atoms with Gasteiger partial charge in [0.1, 0.15) is 5.76 Å². The molecule has 3 aromatic rings. The molecule has 0 saturated carbocycles. The second-order valence-corrected chi connectivity index (χ2v) is 7.30. The molecule has 0 radical (unpaired) electrons. The predicted molar refractivity (Wildman–Crippen MR) is 115 cm³/mol. The third-order valence-electron chi connectivity index (χ3n) is 4.34. The second kappa shape index (κ2) is 10.6. The number of furan rings is 1. The molecule has 1 aromatic carbocycles. The molecule has 30 heavy (non-hydrogen) atoms. The Balaban J connectivity index is 1.62. The summed E-state index contributed by atoms with van der Waals surface area (Å²) in [5, 5.41) is 6.30. The van der Waals surface area contributed by atoms with E-state index in [1.54, 1.807) is 60.0 Å². The van der Waals surface area contributed by atoms with Crippen LogP contribution < -0.4 is 10.6 Å². The molecule has 0 saturated heterocycles. The van der Waals surface area contributed by atoms with E-state index in [-0.39, 0.29) is 30.9 Å². The van der Waals surface area contributed by atoms with Crippen LogP contribution in [0.4, 0.5) is 5.69 Å². The molecule has 2 aromatic heterocycles. The van der Waals surface area contributed by atoms with Gasteiger partial charge in [0.2, 0.25) is 11.8 Å². The summed E-state index contributed by atoms with van der Waals surface area (Å²) < 4.78 is 5.33. The average Bonchev–Trinajstić information content (AvgIpc) is 3.25. The van der Waals surface area contributed by atoms with Gasteiger partial charge in [-0.25, -0.2) is 0 Å². The van der Waals surface area contributed by atoms with Crippen LogP contribution in [0.5, 0.6) is 0 Å². The second-order valence-electron chi connectivity index (χ2n) is 6.87. The van der Waals surface area contributed by atoms with Crippen molar-refractivity contribution in [3.05, 3.63) is 83.5 Å². The minimum atomic E-state index is -0.268. The molecule has 8 heteroatoms. The Labute approximate surface area is 180 Å². The average molecular weight is 427 g/mol. The molecule has 0 fully saturated rings. The van der Waals surface area contributed by atoms with Gasteiger partial charge in [-0.3, -0.25) is 19.5 Å².